The molecule has 2 aromatic heterocycles. The lowest BCUT2D eigenvalue weighted by atomic mass is 10.1. The summed E-state index contributed by atoms with van der Waals surface area (Å²) in [6.45, 7) is 3.14. The van der Waals surface area contributed by atoms with E-state index in [9.17, 15) is 0 Å². The van der Waals surface area contributed by atoms with Crippen LogP contribution in [0.5, 0.6) is 0 Å². The zero-order chi connectivity index (χ0) is 13.0. The van der Waals surface area contributed by atoms with Crippen LogP contribution >= 0.6 is 15.9 Å². The normalized spacial score (nSPS) is 12.8. The average molecular weight is 312 g/mol. The van der Waals surface area contributed by atoms with Crippen LogP contribution in [0.3, 0.4) is 0 Å². The van der Waals surface area contributed by atoms with Crippen molar-refractivity contribution >= 4 is 15.9 Å². The van der Waals surface area contributed by atoms with E-state index < -0.39 is 0 Å². The fourth-order valence-corrected chi connectivity index (χ4v) is 2.46. The van der Waals surface area contributed by atoms with Gasteiger partial charge < -0.3 is 9.73 Å². The number of nitrogens with zero attached hydrogens (tertiary/aromatic N) is 2. The van der Waals surface area contributed by atoms with Gasteiger partial charge in [0, 0.05) is 31.3 Å². The second-order valence-corrected chi connectivity index (χ2v) is 5.06. The van der Waals surface area contributed by atoms with Crippen LogP contribution in [0.25, 0.3) is 0 Å². The summed E-state index contributed by atoms with van der Waals surface area (Å²) in [5, 5.41) is 7.96. The van der Waals surface area contributed by atoms with Crippen LogP contribution in [0, 0.1) is 0 Å². The highest BCUT2D eigenvalue weighted by Crippen LogP contribution is 2.26. The summed E-state index contributed by atoms with van der Waals surface area (Å²) in [6.07, 6.45) is 5.64. The number of aryl methyl sites for hydroxylation is 1. The summed E-state index contributed by atoms with van der Waals surface area (Å²) < 4.78 is 7.95. The lowest BCUT2D eigenvalue weighted by molar-refractivity contribution is 0.493. The Balaban J connectivity index is 2.12. The van der Waals surface area contributed by atoms with Gasteiger partial charge in [-0.3, -0.25) is 4.68 Å². The molecule has 2 heterocycles. The van der Waals surface area contributed by atoms with E-state index in [1.54, 1.807) is 6.26 Å². The van der Waals surface area contributed by atoms with Crippen LogP contribution in [-0.2, 0) is 13.5 Å². The van der Waals surface area contributed by atoms with Gasteiger partial charge in [0.15, 0.2) is 4.67 Å². The van der Waals surface area contributed by atoms with E-state index in [-0.39, 0.29) is 6.04 Å². The first-order chi connectivity index (χ1) is 8.70. The van der Waals surface area contributed by atoms with E-state index in [4.69, 9.17) is 4.42 Å². The van der Waals surface area contributed by atoms with Crippen LogP contribution < -0.4 is 5.32 Å². The molecule has 2 aromatic rings. The molecule has 2 rings (SSSR count). The van der Waals surface area contributed by atoms with Crippen LogP contribution in [0.2, 0.25) is 0 Å². The maximum Gasteiger partial charge on any atom is 0.173 e. The number of nitrogens with one attached hydrogen (secondary N) is 1. The lowest BCUT2D eigenvalue weighted by Crippen LogP contribution is -2.24. The second kappa shape index (κ2) is 6.20. The van der Waals surface area contributed by atoms with Crippen molar-refractivity contribution in [2.45, 2.75) is 25.8 Å². The number of aromatic nitrogens is 2. The van der Waals surface area contributed by atoms with Gasteiger partial charge in [0.05, 0.1) is 12.0 Å². The highest BCUT2D eigenvalue weighted by atomic mass is 79.9. The van der Waals surface area contributed by atoms with Gasteiger partial charge in [-0.05, 0) is 41.0 Å². The molecule has 0 fully saturated rings. The first kappa shape index (κ1) is 13.4. The van der Waals surface area contributed by atoms with Crippen LogP contribution in [-0.4, -0.2) is 16.3 Å². The summed E-state index contributed by atoms with van der Waals surface area (Å²) in [5.74, 6) is 0. The Bertz CT molecular complexity index is 492. The van der Waals surface area contributed by atoms with Crippen molar-refractivity contribution in [2.24, 2.45) is 7.05 Å². The Hall–Kier alpha value is -1.07. The van der Waals surface area contributed by atoms with E-state index in [0.29, 0.717) is 0 Å². The van der Waals surface area contributed by atoms with Crippen molar-refractivity contribution in [3.05, 3.63) is 40.5 Å². The van der Waals surface area contributed by atoms with Crippen LogP contribution in [0.1, 0.15) is 30.6 Å². The molecule has 0 saturated heterocycles. The highest BCUT2D eigenvalue weighted by Gasteiger charge is 2.17. The molecule has 0 aliphatic heterocycles. The zero-order valence-electron chi connectivity index (χ0n) is 10.7. The Morgan fingerprint density at radius 2 is 2.33 bits per heavy atom. The predicted molar refractivity (Wildman–Crippen MR) is 74.4 cm³/mol. The minimum absolute atomic E-state index is 0.230. The van der Waals surface area contributed by atoms with Gasteiger partial charge in [-0.1, -0.05) is 6.92 Å². The van der Waals surface area contributed by atoms with Gasteiger partial charge in [0.2, 0.25) is 0 Å². The van der Waals surface area contributed by atoms with E-state index >= 15 is 0 Å². The molecule has 4 nitrogen and oxygen atoms in total. The Kier molecular flexibility index (Phi) is 4.60. The number of furan rings is 1. The molecular formula is C13H18BrN3O. The molecule has 1 N–H and O–H groups in total. The molecule has 0 saturated carbocycles. The molecule has 0 radical (unpaired) electrons. The first-order valence-electron chi connectivity index (χ1n) is 6.15. The summed E-state index contributed by atoms with van der Waals surface area (Å²) in [6, 6.07) is 4.28. The van der Waals surface area contributed by atoms with Gasteiger partial charge in [0.1, 0.15) is 0 Å². The van der Waals surface area contributed by atoms with Crippen molar-refractivity contribution in [1.82, 2.24) is 15.1 Å². The molecule has 0 amide bonds. The van der Waals surface area contributed by atoms with Gasteiger partial charge in [-0.15, -0.1) is 0 Å². The van der Waals surface area contributed by atoms with Crippen molar-refractivity contribution in [3.8, 4) is 0 Å². The fourth-order valence-electron chi connectivity index (χ4n) is 1.95. The summed E-state index contributed by atoms with van der Waals surface area (Å²) in [5.41, 5.74) is 2.23. The van der Waals surface area contributed by atoms with Crippen LogP contribution in [0.15, 0.2) is 33.7 Å². The third kappa shape index (κ3) is 3.23. The third-order valence-electron chi connectivity index (χ3n) is 2.84. The summed E-state index contributed by atoms with van der Waals surface area (Å²) in [7, 11) is 1.94. The first-order valence-corrected chi connectivity index (χ1v) is 6.94. The summed E-state index contributed by atoms with van der Waals surface area (Å²) in [4.78, 5) is 0. The summed E-state index contributed by atoms with van der Waals surface area (Å²) >= 11 is 3.45. The molecule has 0 spiro atoms. The number of hydrogen-bond donors (Lipinski definition) is 1. The smallest absolute Gasteiger partial charge is 0.173 e. The van der Waals surface area contributed by atoms with E-state index in [2.05, 4.69) is 39.3 Å². The maximum absolute atomic E-state index is 5.32. The topological polar surface area (TPSA) is 43.0 Å². The maximum atomic E-state index is 5.32. The van der Waals surface area contributed by atoms with Crippen LogP contribution in [0.4, 0.5) is 0 Å². The number of rotatable bonds is 6. The molecule has 0 aromatic carbocycles. The molecule has 1 unspecified atom stereocenters. The predicted octanol–water partition coefficient (Wildman–Crippen LogP) is 3.06. The minimum Gasteiger partial charge on any atom is -0.457 e. The van der Waals surface area contributed by atoms with Crippen molar-refractivity contribution in [1.29, 1.82) is 0 Å². The minimum atomic E-state index is 0.230. The van der Waals surface area contributed by atoms with E-state index in [1.807, 2.05) is 24.0 Å². The molecular weight excluding hydrogens is 294 g/mol. The number of halogens is 1. The molecule has 18 heavy (non-hydrogen) atoms. The van der Waals surface area contributed by atoms with Crippen molar-refractivity contribution in [3.63, 3.8) is 0 Å². The van der Waals surface area contributed by atoms with Crippen molar-refractivity contribution < 1.29 is 4.42 Å². The largest absolute Gasteiger partial charge is 0.457 e. The zero-order valence-corrected chi connectivity index (χ0v) is 12.3. The highest BCUT2D eigenvalue weighted by molar-refractivity contribution is 9.10. The average Bonchev–Trinajstić information content (AvgIpc) is 2.93. The SMILES string of the molecule is CCCNC(Cc1ccn(C)n1)c1ccoc1Br. The number of hydrogen-bond acceptors (Lipinski definition) is 3. The van der Waals surface area contributed by atoms with Gasteiger partial charge >= 0.3 is 0 Å². The lowest BCUT2D eigenvalue weighted by Gasteiger charge is -2.16. The molecule has 0 bridgehead atoms. The standard InChI is InChI=1S/C13H18BrN3O/c1-3-6-15-12(11-5-8-18-13(11)14)9-10-4-7-17(2)16-10/h4-5,7-8,12,15H,3,6,9H2,1-2H3. The molecule has 5 heteroatoms. The molecule has 0 aliphatic carbocycles. The Morgan fingerprint density at radius 1 is 1.50 bits per heavy atom. The monoisotopic (exact) mass is 311 g/mol. The van der Waals surface area contributed by atoms with Gasteiger partial charge in [-0.2, -0.15) is 5.10 Å². The van der Waals surface area contributed by atoms with Crippen molar-refractivity contribution in [2.75, 3.05) is 6.54 Å². The Labute approximate surface area is 115 Å². The molecule has 98 valence electrons. The fraction of sp³-hybridized carbons (Fsp3) is 0.462. The van der Waals surface area contributed by atoms with E-state index in [0.717, 1.165) is 35.3 Å². The van der Waals surface area contributed by atoms with E-state index in [1.165, 1.54) is 0 Å². The second-order valence-electron chi connectivity index (χ2n) is 4.34. The van der Waals surface area contributed by atoms with Gasteiger partial charge in [-0.25, -0.2) is 0 Å². The quantitative estimate of drug-likeness (QED) is 0.891. The third-order valence-corrected chi connectivity index (χ3v) is 3.49. The van der Waals surface area contributed by atoms with Gasteiger partial charge in [0.25, 0.3) is 0 Å². The Morgan fingerprint density at radius 3 is 2.89 bits per heavy atom. The molecule has 0 aliphatic rings. The molecule has 1 atom stereocenters.